The van der Waals surface area contributed by atoms with Crippen molar-refractivity contribution in [2.45, 2.75) is 46.7 Å². The normalized spacial score (nSPS) is 11.4. The van der Waals surface area contributed by atoms with E-state index in [1.807, 2.05) is 12.5 Å². The first-order chi connectivity index (χ1) is 8.60. The Balaban J connectivity index is 2.59. The molecule has 0 aliphatic rings. The van der Waals surface area contributed by atoms with Gasteiger partial charge in [0.15, 0.2) is 0 Å². The van der Waals surface area contributed by atoms with Crippen molar-refractivity contribution in [1.82, 2.24) is 19.1 Å². The van der Waals surface area contributed by atoms with E-state index >= 15 is 0 Å². The molecule has 0 radical (unpaired) electrons. The van der Waals surface area contributed by atoms with Gasteiger partial charge in [-0.25, -0.2) is 9.97 Å². The van der Waals surface area contributed by atoms with E-state index in [1.54, 1.807) is 0 Å². The van der Waals surface area contributed by atoms with Gasteiger partial charge in [-0.15, -0.1) is 0 Å². The summed E-state index contributed by atoms with van der Waals surface area (Å²) in [5.74, 6) is 1.76. The van der Waals surface area contributed by atoms with Crippen LogP contribution in [0.4, 0.5) is 5.82 Å². The molecule has 0 atom stereocenters. The fraction of sp³-hybridized carbons (Fsp3) is 0.538. The number of rotatable bonds is 4. The molecule has 0 unspecified atom stereocenters. The maximum Gasteiger partial charge on any atom is 0.133 e. The molecular formula is C13H21N5. The highest BCUT2D eigenvalue weighted by atomic mass is 15.2. The van der Waals surface area contributed by atoms with Crippen molar-refractivity contribution in [3.8, 4) is 11.4 Å². The molecule has 0 aromatic carbocycles. The molecule has 0 fully saturated rings. The number of nitrogen functional groups attached to an aromatic ring is 1. The minimum absolute atomic E-state index is 0.319. The average Bonchev–Trinajstić information content (AvgIpc) is 2.91. The Labute approximate surface area is 108 Å². The highest BCUT2D eigenvalue weighted by Gasteiger charge is 2.19. The molecule has 5 nitrogen and oxygen atoms in total. The molecule has 98 valence electrons. The van der Waals surface area contributed by atoms with E-state index in [0.29, 0.717) is 6.04 Å². The number of anilines is 1. The van der Waals surface area contributed by atoms with Gasteiger partial charge in [-0.1, -0.05) is 6.92 Å². The maximum absolute atomic E-state index is 6.25. The van der Waals surface area contributed by atoms with Gasteiger partial charge in [0.25, 0.3) is 0 Å². The van der Waals surface area contributed by atoms with Crippen LogP contribution in [-0.4, -0.2) is 19.1 Å². The first kappa shape index (κ1) is 12.7. The molecule has 5 heteroatoms. The molecule has 0 saturated carbocycles. The Morgan fingerprint density at radius 1 is 1.33 bits per heavy atom. The van der Waals surface area contributed by atoms with E-state index in [2.05, 4.69) is 46.8 Å². The predicted molar refractivity (Wildman–Crippen MR) is 73.3 cm³/mol. The van der Waals surface area contributed by atoms with E-state index in [0.717, 1.165) is 36.0 Å². The molecule has 0 aliphatic heterocycles. The van der Waals surface area contributed by atoms with Gasteiger partial charge in [0.2, 0.25) is 0 Å². The Morgan fingerprint density at radius 2 is 2.06 bits per heavy atom. The van der Waals surface area contributed by atoms with Gasteiger partial charge >= 0.3 is 0 Å². The van der Waals surface area contributed by atoms with Crippen molar-refractivity contribution >= 4 is 5.82 Å². The van der Waals surface area contributed by atoms with E-state index in [9.17, 15) is 0 Å². The van der Waals surface area contributed by atoms with Crippen LogP contribution in [0.1, 0.15) is 39.6 Å². The Hall–Kier alpha value is -1.78. The molecule has 2 aromatic heterocycles. The molecule has 2 rings (SSSR count). The predicted octanol–water partition coefficient (Wildman–Crippen LogP) is 2.49. The van der Waals surface area contributed by atoms with Crippen LogP contribution >= 0.6 is 0 Å². The van der Waals surface area contributed by atoms with Crippen LogP contribution in [0.2, 0.25) is 0 Å². The lowest BCUT2D eigenvalue weighted by Crippen LogP contribution is -2.09. The zero-order valence-corrected chi connectivity index (χ0v) is 11.5. The fourth-order valence-electron chi connectivity index (χ4n) is 2.28. The first-order valence-corrected chi connectivity index (χ1v) is 6.47. The molecule has 0 aliphatic carbocycles. The third-order valence-electron chi connectivity index (χ3n) is 3.15. The summed E-state index contributed by atoms with van der Waals surface area (Å²) in [6.07, 6.45) is 4.52. The van der Waals surface area contributed by atoms with Gasteiger partial charge in [0, 0.05) is 19.0 Å². The Bertz CT molecular complexity index is 536. The van der Waals surface area contributed by atoms with Gasteiger partial charge in [-0.2, -0.15) is 0 Å². The van der Waals surface area contributed by atoms with Gasteiger partial charge in [-0.3, -0.25) is 0 Å². The number of hydrogen-bond acceptors (Lipinski definition) is 3. The molecule has 0 amide bonds. The van der Waals surface area contributed by atoms with Crippen molar-refractivity contribution < 1.29 is 0 Å². The molecule has 2 N–H and O–H groups in total. The molecule has 18 heavy (non-hydrogen) atoms. The van der Waals surface area contributed by atoms with Crippen LogP contribution in [0.3, 0.4) is 0 Å². The Morgan fingerprint density at radius 3 is 2.56 bits per heavy atom. The summed E-state index contributed by atoms with van der Waals surface area (Å²) in [5.41, 5.74) is 8.09. The summed E-state index contributed by atoms with van der Waals surface area (Å²) >= 11 is 0. The zero-order chi connectivity index (χ0) is 13.3. The van der Waals surface area contributed by atoms with Crippen molar-refractivity contribution in [2.24, 2.45) is 0 Å². The second kappa shape index (κ2) is 4.84. The van der Waals surface area contributed by atoms with Crippen LogP contribution in [0.25, 0.3) is 11.4 Å². The first-order valence-electron chi connectivity index (χ1n) is 6.47. The summed E-state index contributed by atoms with van der Waals surface area (Å²) in [6.45, 7) is 9.30. The largest absolute Gasteiger partial charge is 0.383 e. The SMILES string of the molecule is CCc1nc(-c2cncn2CC)c(N)n1C(C)C. The van der Waals surface area contributed by atoms with E-state index in [-0.39, 0.29) is 0 Å². The topological polar surface area (TPSA) is 61.7 Å². The number of hydrogen-bond donors (Lipinski definition) is 1. The molecule has 2 aromatic rings. The molecular weight excluding hydrogens is 226 g/mol. The number of nitrogens with two attached hydrogens (primary N) is 1. The smallest absolute Gasteiger partial charge is 0.133 e. The minimum Gasteiger partial charge on any atom is -0.383 e. The van der Waals surface area contributed by atoms with E-state index in [4.69, 9.17) is 5.73 Å². The monoisotopic (exact) mass is 247 g/mol. The number of imidazole rings is 2. The lowest BCUT2D eigenvalue weighted by molar-refractivity contribution is 0.579. The van der Waals surface area contributed by atoms with Crippen LogP contribution < -0.4 is 5.73 Å². The van der Waals surface area contributed by atoms with Crippen LogP contribution in [0, 0.1) is 0 Å². The van der Waals surface area contributed by atoms with Gasteiger partial charge in [0.05, 0.1) is 18.2 Å². The zero-order valence-electron chi connectivity index (χ0n) is 11.5. The van der Waals surface area contributed by atoms with Crippen molar-refractivity contribution in [3.05, 3.63) is 18.3 Å². The van der Waals surface area contributed by atoms with E-state index in [1.165, 1.54) is 0 Å². The second-order valence-electron chi connectivity index (χ2n) is 4.64. The van der Waals surface area contributed by atoms with Crippen molar-refractivity contribution in [1.29, 1.82) is 0 Å². The summed E-state index contributed by atoms with van der Waals surface area (Å²) in [6, 6.07) is 0.319. The van der Waals surface area contributed by atoms with Crippen molar-refractivity contribution in [2.75, 3.05) is 5.73 Å². The second-order valence-corrected chi connectivity index (χ2v) is 4.64. The van der Waals surface area contributed by atoms with Crippen LogP contribution in [-0.2, 0) is 13.0 Å². The van der Waals surface area contributed by atoms with Gasteiger partial charge in [0.1, 0.15) is 17.3 Å². The number of nitrogens with zero attached hydrogens (tertiary/aromatic N) is 4. The fourth-order valence-corrected chi connectivity index (χ4v) is 2.28. The van der Waals surface area contributed by atoms with Crippen LogP contribution in [0.5, 0.6) is 0 Å². The Kier molecular flexibility index (Phi) is 3.41. The lowest BCUT2D eigenvalue weighted by Gasteiger charge is -2.12. The third kappa shape index (κ3) is 1.89. The molecule has 0 saturated heterocycles. The average molecular weight is 247 g/mol. The quantitative estimate of drug-likeness (QED) is 0.903. The van der Waals surface area contributed by atoms with Gasteiger partial charge < -0.3 is 14.9 Å². The van der Waals surface area contributed by atoms with Crippen LogP contribution in [0.15, 0.2) is 12.5 Å². The number of aromatic nitrogens is 4. The van der Waals surface area contributed by atoms with Crippen molar-refractivity contribution in [3.63, 3.8) is 0 Å². The highest BCUT2D eigenvalue weighted by Crippen LogP contribution is 2.29. The highest BCUT2D eigenvalue weighted by molar-refractivity contribution is 5.68. The number of aryl methyl sites for hydroxylation is 2. The third-order valence-corrected chi connectivity index (χ3v) is 3.15. The summed E-state index contributed by atoms with van der Waals surface area (Å²) in [5, 5.41) is 0. The van der Waals surface area contributed by atoms with Gasteiger partial charge in [-0.05, 0) is 20.8 Å². The van der Waals surface area contributed by atoms with E-state index < -0.39 is 0 Å². The summed E-state index contributed by atoms with van der Waals surface area (Å²) in [7, 11) is 0. The lowest BCUT2D eigenvalue weighted by atomic mass is 10.3. The summed E-state index contributed by atoms with van der Waals surface area (Å²) in [4.78, 5) is 8.86. The standard InChI is InChI=1S/C13H21N5/c1-5-11-16-12(13(14)18(11)9(3)4)10-7-15-8-17(10)6-2/h7-9H,5-6,14H2,1-4H3. The maximum atomic E-state index is 6.25. The molecule has 2 heterocycles. The molecule has 0 bridgehead atoms. The summed E-state index contributed by atoms with van der Waals surface area (Å²) < 4.78 is 4.16. The molecule has 0 spiro atoms. The minimum atomic E-state index is 0.319.